The normalized spacial score (nSPS) is 12.0. The van der Waals surface area contributed by atoms with E-state index in [1.807, 2.05) is 30.3 Å². The molecule has 0 amide bonds. The monoisotopic (exact) mass is 417 g/mol. The highest BCUT2D eigenvalue weighted by Crippen LogP contribution is 2.33. The first-order valence-corrected chi connectivity index (χ1v) is 8.32. The van der Waals surface area contributed by atoms with Crippen molar-refractivity contribution in [3.8, 4) is 17.4 Å². The minimum absolute atomic E-state index is 0.0872. The van der Waals surface area contributed by atoms with Crippen molar-refractivity contribution in [3.63, 3.8) is 0 Å². The number of nitrogens with zero attached hydrogens (tertiary/aromatic N) is 1. The van der Waals surface area contributed by atoms with Gasteiger partial charge in [-0.15, -0.1) is 0 Å². The second kappa shape index (κ2) is 7.22. The van der Waals surface area contributed by atoms with Crippen LogP contribution in [-0.2, 0) is 6.18 Å². The van der Waals surface area contributed by atoms with Gasteiger partial charge in [-0.3, -0.25) is 0 Å². The van der Waals surface area contributed by atoms with Crippen LogP contribution >= 0.6 is 15.9 Å². The first-order valence-electron chi connectivity index (χ1n) is 7.52. The lowest BCUT2D eigenvalue weighted by molar-refractivity contribution is -0.137. The molecular formula is C20H11BrF3NO. The molecule has 0 radical (unpaired) electrons. The van der Waals surface area contributed by atoms with Gasteiger partial charge in [0.25, 0.3) is 0 Å². The minimum atomic E-state index is -4.46. The molecule has 1 aromatic heterocycles. The Hall–Kier alpha value is -2.78. The Morgan fingerprint density at radius 3 is 2.50 bits per heavy atom. The van der Waals surface area contributed by atoms with Crippen LogP contribution in [0.3, 0.4) is 0 Å². The number of halogens is 4. The predicted octanol–water partition coefficient (Wildman–Crippen LogP) is 6.79. The van der Waals surface area contributed by atoms with Crippen LogP contribution in [0.15, 0.2) is 69.6 Å². The van der Waals surface area contributed by atoms with Crippen molar-refractivity contribution in [1.29, 1.82) is 5.26 Å². The summed E-state index contributed by atoms with van der Waals surface area (Å²) in [7, 11) is 0. The van der Waals surface area contributed by atoms with Crippen LogP contribution in [0.2, 0.25) is 0 Å². The third-order valence-corrected chi connectivity index (χ3v) is 4.37. The number of furan rings is 1. The van der Waals surface area contributed by atoms with Gasteiger partial charge < -0.3 is 4.42 Å². The van der Waals surface area contributed by atoms with Crippen molar-refractivity contribution >= 4 is 27.6 Å². The maximum absolute atomic E-state index is 12.9. The van der Waals surface area contributed by atoms with Crippen molar-refractivity contribution in [2.75, 3.05) is 0 Å². The number of hydrogen-bond donors (Lipinski definition) is 0. The Labute approximate surface area is 156 Å². The van der Waals surface area contributed by atoms with Gasteiger partial charge in [0.1, 0.15) is 11.5 Å². The fraction of sp³-hybridized carbons (Fsp3) is 0.0500. The SMILES string of the molecule is N#C/C(=C\c1ccc(-c2ccccc2Br)o1)c1cccc(C(F)(F)F)c1. The summed E-state index contributed by atoms with van der Waals surface area (Å²) >= 11 is 3.44. The Bertz CT molecular complexity index is 1010. The lowest BCUT2D eigenvalue weighted by Gasteiger charge is -2.07. The number of allylic oxidation sites excluding steroid dienone is 1. The van der Waals surface area contributed by atoms with E-state index in [2.05, 4.69) is 15.9 Å². The van der Waals surface area contributed by atoms with Crippen molar-refractivity contribution in [2.45, 2.75) is 6.18 Å². The van der Waals surface area contributed by atoms with Gasteiger partial charge in [0.15, 0.2) is 0 Å². The van der Waals surface area contributed by atoms with Crippen LogP contribution in [0.25, 0.3) is 23.0 Å². The van der Waals surface area contributed by atoms with E-state index in [0.29, 0.717) is 11.5 Å². The second-order valence-corrected chi connectivity index (χ2v) is 6.28. The van der Waals surface area contributed by atoms with Gasteiger partial charge >= 0.3 is 6.18 Å². The smallest absolute Gasteiger partial charge is 0.416 e. The van der Waals surface area contributed by atoms with Gasteiger partial charge in [-0.25, -0.2) is 0 Å². The summed E-state index contributed by atoms with van der Waals surface area (Å²) in [5.74, 6) is 0.967. The van der Waals surface area contributed by atoms with E-state index in [1.165, 1.54) is 18.2 Å². The molecular weight excluding hydrogens is 407 g/mol. The molecule has 3 rings (SSSR count). The van der Waals surface area contributed by atoms with Crippen LogP contribution in [0.5, 0.6) is 0 Å². The molecule has 6 heteroatoms. The maximum atomic E-state index is 12.9. The molecule has 0 aliphatic rings. The molecule has 3 aromatic rings. The zero-order chi connectivity index (χ0) is 18.7. The van der Waals surface area contributed by atoms with Crippen molar-refractivity contribution in [3.05, 3.63) is 82.0 Å². The number of rotatable bonds is 3. The van der Waals surface area contributed by atoms with Crippen LogP contribution in [0.4, 0.5) is 13.2 Å². The maximum Gasteiger partial charge on any atom is 0.416 e. The molecule has 2 aromatic carbocycles. The van der Waals surface area contributed by atoms with Gasteiger partial charge in [-0.05, 0) is 42.0 Å². The lowest BCUT2D eigenvalue weighted by Crippen LogP contribution is -2.04. The molecule has 1 heterocycles. The molecule has 0 unspecified atom stereocenters. The Balaban J connectivity index is 1.97. The number of hydrogen-bond acceptors (Lipinski definition) is 2. The summed E-state index contributed by atoms with van der Waals surface area (Å²) < 4.78 is 45.2. The Morgan fingerprint density at radius 1 is 1.04 bits per heavy atom. The van der Waals surface area contributed by atoms with Gasteiger partial charge in [0, 0.05) is 10.0 Å². The summed E-state index contributed by atoms with van der Waals surface area (Å²) in [5, 5.41) is 9.35. The minimum Gasteiger partial charge on any atom is -0.457 e. The van der Waals surface area contributed by atoms with Crippen LogP contribution in [0.1, 0.15) is 16.9 Å². The first kappa shape index (κ1) is 18.0. The van der Waals surface area contributed by atoms with Gasteiger partial charge in [0.05, 0.1) is 17.2 Å². The summed E-state index contributed by atoms with van der Waals surface area (Å²) in [6.45, 7) is 0. The zero-order valence-electron chi connectivity index (χ0n) is 13.2. The zero-order valence-corrected chi connectivity index (χ0v) is 14.8. The molecule has 0 saturated heterocycles. The fourth-order valence-electron chi connectivity index (χ4n) is 2.42. The molecule has 0 aliphatic carbocycles. The fourth-order valence-corrected chi connectivity index (χ4v) is 2.90. The molecule has 0 spiro atoms. The lowest BCUT2D eigenvalue weighted by atomic mass is 10.0. The third kappa shape index (κ3) is 3.89. The predicted molar refractivity (Wildman–Crippen MR) is 96.8 cm³/mol. The highest BCUT2D eigenvalue weighted by molar-refractivity contribution is 9.10. The molecule has 0 atom stereocenters. The average molecular weight is 418 g/mol. The summed E-state index contributed by atoms with van der Waals surface area (Å²) in [6, 6.07) is 17.5. The summed E-state index contributed by atoms with van der Waals surface area (Å²) in [4.78, 5) is 0. The van der Waals surface area contributed by atoms with E-state index < -0.39 is 11.7 Å². The number of benzene rings is 2. The van der Waals surface area contributed by atoms with Crippen molar-refractivity contribution in [1.82, 2.24) is 0 Å². The van der Waals surface area contributed by atoms with E-state index >= 15 is 0 Å². The molecule has 26 heavy (non-hydrogen) atoms. The molecule has 130 valence electrons. The van der Waals surface area contributed by atoms with Crippen molar-refractivity contribution < 1.29 is 17.6 Å². The summed E-state index contributed by atoms with van der Waals surface area (Å²) in [5.41, 5.74) is 0.305. The molecule has 0 fully saturated rings. The van der Waals surface area contributed by atoms with Crippen LogP contribution < -0.4 is 0 Å². The number of nitriles is 1. The highest BCUT2D eigenvalue weighted by atomic mass is 79.9. The Morgan fingerprint density at radius 2 is 1.81 bits per heavy atom. The quantitative estimate of drug-likeness (QED) is 0.439. The second-order valence-electron chi connectivity index (χ2n) is 5.43. The van der Waals surface area contributed by atoms with Gasteiger partial charge in [0.2, 0.25) is 0 Å². The van der Waals surface area contributed by atoms with Crippen LogP contribution in [-0.4, -0.2) is 0 Å². The van der Waals surface area contributed by atoms with Crippen molar-refractivity contribution in [2.24, 2.45) is 0 Å². The topological polar surface area (TPSA) is 36.9 Å². The van der Waals surface area contributed by atoms with Gasteiger partial charge in [-0.1, -0.05) is 46.3 Å². The first-order chi connectivity index (χ1) is 12.4. The molecule has 0 saturated carbocycles. The standard InChI is InChI=1S/C20H11BrF3NO/c21-18-7-2-1-6-17(18)19-9-8-16(26-19)11-14(12-25)13-4-3-5-15(10-13)20(22,23)24/h1-11H/b14-11+. The van der Waals surface area contributed by atoms with E-state index in [4.69, 9.17) is 4.42 Å². The Kier molecular flexibility index (Phi) is 5.01. The molecule has 0 N–H and O–H groups in total. The van der Waals surface area contributed by atoms with E-state index in [9.17, 15) is 18.4 Å². The van der Waals surface area contributed by atoms with E-state index in [1.54, 1.807) is 12.1 Å². The summed E-state index contributed by atoms with van der Waals surface area (Å²) in [6.07, 6.45) is -3.04. The van der Waals surface area contributed by atoms with Crippen LogP contribution in [0, 0.1) is 11.3 Å². The average Bonchev–Trinajstić information content (AvgIpc) is 3.08. The third-order valence-electron chi connectivity index (χ3n) is 3.67. The van der Waals surface area contributed by atoms with E-state index in [-0.39, 0.29) is 11.1 Å². The molecule has 2 nitrogen and oxygen atoms in total. The molecule has 0 aliphatic heterocycles. The largest absolute Gasteiger partial charge is 0.457 e. The van der Waals surface area contributed by atoms with E-state index in [0.717, 1.165) is 22.2 Å². The molecule has 0 bridgehead atoms. The van der Waals surface area contributed by atoms with Gasteiger partial charge in [-0.2, -0.15) is 18.4 Å². The number of alkyl halides is 3. The highest BCUT2D eigenvalue weighted by Gasteiger charge is 2.30.